The zero-order chi connectivity index (χ0) is 16.1. The molecule has 1 amide bonds. The minimum atomic E-state index is -0.659. The van der Waals surface area contributed by atoms with Crippen molar-refractivity contribution in [2.24, 2.45) is 0 Å². The number of methoxy groups -OCH3 is 1. The molecule has 2 aromatic rings. The molecule has 1 atom stereocenters. The van der Waals surface area contributed by atoms with Crippen molar-refractivity contribution in [2.45, 2.75) is 20.0 Å². The van der Waals surface area contributed by atoms with E-state index < -0.39 is 6.10 Å². The molecule has 0 heterocycles. The first-order chi connectivity index (χ1) is 10.5. The highest BCUT2D eigenvalue weighted by Gasteiger charge is 2.17. The minimum absolute atomic E-state index is 0.237. The Balaban J connectivity index is 2.06. The zero-order valence-corrected chi connectivity index (χ0v) is 12.9. The number of nitrogen functional groups attached to an aromatic ring is 1. The second-order valence-corrected chi connectivity index (χ2v) is 4.97. The number of aryl methyl sites for hydroxylation is 1. The highest BCUT2D eigenvalue weighted by Crippen LogP contribution is 2.27. The van der Waals surface area contributed by atoms with E-state index in [9.17, 15) is 4.79 Å². The first-order valence-corrected chi connectivity index (χ1v) is 6.98. The number of nitrogens with two attached hydrogens (primary N) is 1. The Bertz CT molecular complexity index is 671. The number of carbonyl (C=O) groups is 1. The molecule has 22 heavy (non-hydrogen) atoms. The monoisotopic (exact) mass is 300 g/mol. The quantitative estimate of drug-likeness (QED) is 0.833. The van der Waals surface area contributed by atoms with Crippen LogP contribution in [0.15, 0.2) is 42.5 Å². The van der Waals surface area contributed by atoms with Crippen LogP contribution in [-0.4, -0.2) is 19.1 Å². The highest BCUT2D eigenvalue weighted by atomic mass is 16.5. The highest BCUT2D eigenvalue weighted by molar-refractivity contribution is 5.95. The lowest BCUT2D eigenvalue weighted by Gasteiger charge is -2.17. The summed E-state index contributed by atoms with van der Waals surface area (Å²) >= 11 is 0. The Morgan fingerprint density at radius 2 is 1.86 bits per heavy atom. The van der Waals surface area contributed by atoms with E-state index in [2.05, 4.69) is 5.32 Å². The zero-order valence-electron chi connectivity index (χ0n) is 12.9. The van der Waals surface area contributed by atoms with Crippen LogP contribution in [0.25, 0.3) is 0 Å². The van der Waals surface area contributed by atoms with Gasteiger partial charge in [0.15, 0.2) is 17.6 Å². The number of hydrogen-bond donors (Lipinski definition) is 2. The molecule has 0 aliphatic rings. The van der Waals surface area contributed by atoms with Gasteiger partial charge in [-0.2, -0.15) is 0 Å². The molecule has 0 saturated carbocycles. The number of ether oxygens (including phenoxy) is 2. The van der Waals surface area contributed by atoms with Crippen LogP contribution in [-0.2, 0) is 4.79 Å². The third-order valence-corrected chi connectivity index (χ3v) is 3.25. The van der Waals surface area contributed by atoms with Crippen LogP contribution in [0.1, 0.15) is 12.5 Å². The second kappa shape index (κ2) is 6.85. The summed E-state index contributed by atoms with van der Waals surface area (Å²) in [7, 11) is 1.56. The molecule has 0 fully saturated rings. The number of hydrogen-bond acceptors (Lipinski definition) is 4. The Morgan fingerprint density at radius 3 is 2.50 bits per heavy atom. The van der Waals surface area contributed by atoms with Crippen molar-refractivity contribution in [3.8, 4) is 11.5 Å². The van der Waals surface area contributed by atoms with Crippen molar-refractivity contribution in [1.29, 1.82) is 0 Å². The summed E-state index contributed by atoms with van der Waals surface area (Å²) in [4.78, 5) is 12.2. The van der Waals surface area contributed by atoms with Crippen molar-refractivity contribution in [3.63, 3.8) is 0 Å². The molecule has 0 saturated heterocycles. The Morgan fingerprint density at radius 1 is 1.18 bits per heavy atom. The van der Waals surface area contributed by atoms with Gasteiger partial charge in [-0.1, -0.05) is 12.1 Å². The maximum atomic E-state index is 12.2. The number of nitrogens with one attached hydrogen (secondary N) is 1. The predicted octanol–water partition coefficient (Wildman–Crippen LogP) is 2.99. The van der Waals surface area contributed by atoms with Crippen LogP contribution in [0.2, 0.25) is 0 Å². The van der Waals surface area contributed by atoms with Crippen LogP contribution < -0.4 is 20.5 Å². The summed E-state index contributed by atoms with van der Waals surface area (Å²) in [5.41, 5.74) is 7.98. The first kappa shape index (κ1) is 15.7. The molecule has 0 aliphatic carbocycles. The van der Waals surface area contributed by atoms with Gasteiger partial charge in [-0.25, -0.2) is 0 Å². The molecule has 2 aromatic carbocycles. The Hall–Kier alpha value is -2.69. The van der Waals surface area contributed by atoms with Gasteiger partial charge < -0.3 is 20.5 Å². The minimum Gasteiger partial charge on any atom is -0.493 e. The fraction of sp³-hybridized carbons (Fsp3) is 0.235. The molecule has 0 radical (unpaired) electrons. The van der Waals surface area contributed by atoms with E-state index >= 15 is 0 Å². The smallest absolute Gasteiger partial charge is 0.265 e. The van der Waals surface area contributed by atoms with Crippen molar-refractivity contribution in [3.05, 3.63) is 48.0 Å². The fourth-order valence-electron chi connectivity index (χ4n) is 2.02. The third kappa shape index (κ3) is 3.69. The topological polar surface area (TPSA) is 73.6 Å². The number of carbonyl (C=O) groups excluding carboxylic acids is 1. The van der Waals surface area contributed by atoms with Crippen LogP contribution in [0.5, 0.6) is 11.5 Å². The van der Waals surface area contributed by atoms with Gasteiger partial charge in [-0.05, 0) is 49.7 Å². The van der Waals surface area contributed by atoms with Crippen LogP contribution >= 0.6 is 0 Å². The van der Waals surface area contributed by atoms with E-state index in [4.69, 9.17) is 15.2 Å². The summed E-state index contributed by atoms with van der Waals surface area (Å²) in [5.74, 6) is 0.881. The van der Waals surface area contributed by atoms with Gasteiger partial charge in [-0.3, -0.25) is 4.79 Å². The molecule has 5 nitrogen and oxygen atoms in total. The summed E-state index contributed by atoms with van der Waals surface area (Å²) in [6, 6.07) is 12.5. The molecule has 0 unspecified atom stereocenters. The van der Waals surface area contributed by atoms with Crippen LogP contribution in [0.3, 0.4) is 0 Å². The average molecular weight is 300 g/mol. The summed E-state index contributed by atoms with van der Waals surface area (Å²) in [6.45, 7) is 3.58. The first-order valence-electron chi connectivity index (χ1n) is 6.98. The number of benzene rings is 2. The molecule has 5 heteroatoms. The van der Waals surface area contributed by atoms with Gasteiger partial charge in [0, 0.05) is 11.4 Å². The summed E-state index contributed by atoms with van der Waals surface area (Å²) < 4.78 is 10.9. The molecule has 0 aliphatic heterocycles. The second-order valence-electron chi connectivity index (χ2n) is 4.97. The summed E-state index contributed by atoms with van der Waals surface area (Å²) in [5, 5.41) is 2.83. The van der Waals surface area contributed by atoms with E-state index in [1.54, 1.807) is 44.4 Å². The van der Waals surface area contributed by atoms with E-state index in [1.807, 2.05) is 19.1 Å². The number of para-hydroxylation sites is 2. The van der Waals surface area contributed by atoms with Gasteiger partial charge >= 0.3 is 0 Å². The molecule has 3 N–H and O–H groups in total. The molecular formula is C17H20N2O3. The Labute approximate surface area is 130 Å². The predicted molar refractivity (Wildman–Crippen MR) is 87.3 cm³/mol. The number of amides is 1. The lowest BCUT2D eigenvalue weighted by molar-refractivity contribution is -0.122. The standard InChI is InChI=1S/C17H20N2O3/c1-11-10-13(18)8-9-14(11)19-17(20)12(2)22-16-7-5-4-6-15(16)21-3/h4-10,12H,18H2,1-3H3,(H,19,20)/t12-/m1/s1. The van der Waals surface area contributed by atoms with Crippen molar-refractivity contribution in [2.75, 3.05) is 18.2 Å². The maximum absolute atomic E-state index is 12.2. The van der Waals surface area contributed by atoms with Crippen molar-refractivity contribution in [1.82, 2.24) is 0 Å². The molecule has 116 valence electrons. The van der Waals surface area contributed by atoms with Crippen molar-refractivity contribution >= 4 is 17.3 Å². The van der Waals surface area contributed by atoms with E-state index in [1.165, 1.54) is 0 Å². The van der Waals surface area contributed by atoms with E-state index in [-0.39, 0.29) is 5.91 Å². The molecule has 0 aromatic heterocycles. The molecule has 2 rings (SSSR count). The Kier molecular flexibility index (Phi) is 4.88. The average Bonchev–Trinajstić information content (AvgIpc) is 2.50. The maximum Gasteiger partial charge on any atom is 0.265 e. The molecular weight excluding hydrogens is 280 g/mol. The summed E-state index contributed by atoms with van der Waals surface area (Å²) in [6.07, 6.45) is -0.659. The van der Waals surface area contributed by atoms with Crippen LogP contribution in [0, 0.1) is 6.92 Å². The van der Waals surface area contributed by atoms with Gasteiger partial charge in [0.25, 0.3) is 5.91 Å². The van der Waals surface area contributed by atoms with Crippen LogP contribution in [0.4, 0.5) is 11.4 Å². The van der Waals surface area contributed by atoms with Gasteiger partial charge in [0.05, 0.1) is 7.11 Å². The lowest BCUT2D eigenvalue weighted by Crippen LogP contribution is -2.30. The number of anilines is 2. The number of rotatable bonds is 5. The van der Waals surface area contributed by atoms with E-state index in [0.717, 1.165) is 11.3 Å². The normalized spacial score (nSPS) is 11.6. The van der Waals surface area contributed by atoms with Gasteiger partial charge in [0.1, 0.15) is 0 Å². The van der Waals surface area contributed by atoms with E-state index in [0.29, 0.717) is 17.2 Å². The SMILES string of the molecule is COc1ccccc1O[C@H](C)C(=O)Nc1ccc(N)cc1C. The fourth-order valence-corrected chi connectivity index (χ4v) is 2.02. The van der Waals surface area contributed by atoms with Crippen molar-refractivity contribution < 1.29 is 14.3 Å². The molecule has 0 bridgehead atoms. The third-order valence-electron chi connectivity index (χ3n) is 3.25. The largest absolute Gasteiger partial charge is 0.493 e. The lowest BCUT2D eigenvalue weighted by atomic mass is 10.1. The van der Waals surface area contributed by atoms with Gasteiger partial charge in [-0.15, -0.1) is 0 Å². The molecule has 0 spiro atoms. The van der Waals surface area contributed by atoms with Gasteiger partial charge in [0.2, 0.25) is 0 Å².